The van der Waals surface area contributed by atoms with E-state index in [0.29, 0.717) is 19.0 Å². The van der Waals surface area contributed by atoms with Crippen molar-refractivity contribution in [2.24, 2.45) is 5.84 Å². The van der Waals surface area contributed by atoms with Gasteiger partial charge in [0.2, 0.25) is 0 Å². The Morgan fingerprint density at radius 3 is 3.14 bits per heavy atom. The van der Waals surface area contributed by atoms with Crippen molar-refractivity contribution in [3.63, 3.8) is 0 Å². The van der Waals surface area contributed by atoms with Crippen molar-refractivity contribution >= 4 is 23.3 Å². The molecule has 0 aromatic carbocycles. The molecule has 4 N–H and O–H groups in total. The van der Waals surface area contributed by atoms with Crippen molar-refractivity contribution in [2.45, 2.75) is 13.0 Å². The number of nitrogens with one attached hydrogen (secondary N) is 2. The van der Waals surface area contributed by atoms with E-state index in [0.717, 1.165) is 19.6 Å². The molecular formula is C13H20ClN5O2. The highest BCUT2D eigenvalue weighted by Crippen LogP contribution is 2.16. The first-order valence-electron chi connectivity index (χ1n) is 6.89. The molecule has 1 aromatic heterocycles. The van der Waals surface area contributed by atoms with Gasteiger partial charge < -0.3 is 15.5 Å². The van der Waals surface area contributed by atoms with E-state index in [9.17, 15) is 4.79 Å². The minimum atomic E-state index is -0.339. The average molecular weight is 314 g/mol. The summed E-state index contributed by atoms with van der Waals surface area (Å²) >= 11 is 5.98. The van der Waals surface area contributed by atoms with Gasteiger partial charge in [-0.25, -0.2) is 10.8 Å². The fraction of sp³-hybridized carbons (Fsp3) is 0.538. The maximum Gasteiger partial charge on any atom is 0.271 e. The third-order valence-corrected chi connectivity index (χ3v) is 3.67. The highest BCUT2D eigenvalue weighted by molar-refractivity contribution is 6.33. The summed E-state index contributed by atoms with van der Waals surface area (Å²) in [6.45, 7) is 5.93. The summed E-state index contributed by atoms with van der Waals surface area (Å²) in [5, 5.41) is 3.08. The maximum atomic E-state index is 12.1. The van der Waals surface area contributed by atoms with Crippen LogP contribution in [0.25, 0.3) is 0 Å². The van der Waals surface area contributed by atoms with Crippen molar-refractivity contribution in [1.82, 2.24) is 15.2 Å². The van der Waals surface area contributed by atoms with Crippen molar-refractivity contribution in [3.05, 3.63) is 22.8 Å². The first-order valence-corrected chi connectivity index (χ1v) is 7.27. The quantitative estimate of drug-likeness (QED) is 0.540. The van der Waals surface area contributed by atoms with Crippen LogP contribution in [0.15, 0.2) is 12.1 Å². The fourth-order valence-corrected chi connectivity index (χ4v) is 2.35. The highest BCUT2D eigenvalue weighted by Gasteiger charge is 2.21. The molecule has 1 aliphatic rings. The number of likely N-dealkylation sites (N-methyl/N-ethyl adjacent to an activating group) is 1. The minimum absolute atomic E-state index is 0.0164. The van der Waals surface area contributed by atoms with E-state index < -0.39 is 0 Å². The number of pyridine rings is 1. The lowest BCUT2D eigenvalue weighted by atomic mass is 10.2. The van der Waals surface area contributed by atoms with E-state index >= 15 is 0 Å². The minimum Gasteiger partial charge on any atom is -0.374 e. The molecule has 0 spiro atoms. The smallest absolute Gasteiger partial charge is 0.271 e. The molecule has 1 aliphatic heterocycles. The van der Waals surface area contributed by atoms with Gasteiger partial charge in [0, 0.05) is 19.6 Å². The molecule has 1 atom stereocenters. The van der Waals surface area contributed by atoms with Crippen LogP contribution in [0, 0.1) is 0 Å². The zero-order valence-electron chi connectivity index (χ0n) is 11.9. The summed E-state index contributed by atoms with van der Waals surface area (Å²) in [4.78, 5) is 18.5. The van der Waals surface area contributed by atoms with Crippen LogP contribution in [0.2, 0.25) is 5.02 Å². The number of nitrogen functional groups attached to an aromatic ring is 1. The summed E-state index contributed by atoms with van der Waals surface area (Å²) in [5.41, 5.74) is 2.54. The molecule has 8 heteroatoms. The highest BCUT2D eigenvalue weighted by atomic mass is 35.5. The molecule has 0 radical (unpaired) electrons. The Bertz CT molecular complexity index is 499. The van der Waals surface area contributed by atoms with E-state index in [1.165, 1.54) is 0 Å². The van der Waals surface area contributed by atoms with Gasteiger partial charge in [-0.05, 0) is 18.7 Å². The lowest BCUT2D eigenvalue weighted by molar-refractivity contribution is -0.0246. The molecule has 1 amide bonds. The van der Waals surface area contributed by atoms with Gasteiger partial charge in [-0.15, -0.1) is 0 Å². The first kappa shape index (κ1) is 16.0. The number of carbonyl (C=O) groups excluding carboxylic acids is 1. The third kappa shape index (κ3) is 4.28. The molecule has 2 heterocycles. The second-order valence-corrected chi connectivity index (χ2v) is 5.17. The second kappa shape index (κ2) is 7.56. The molecular weight excluding hydrogens is 294 g/mol. The summed E-state index contributed by atoms with van der Waals surface area (Å²) in [7, 11) is 0. The van der Waals surface area contributed by atoms with E-state index in [-0.39, 0.29) is 22.7 Å². The van der Waals surface area contributed by atoms with Crippen LogP contribution in [0.5, 0.6) is 0 Å². The number of rotatable bonds is 5. The standard InChI is InChI=1S/C13H20ClN5O2/c1-2-19-5-6-21-9(8-19)7-16-13(20)12-10(14)3-4-11(17-12)18-15/h3-4,9H,2,5-8,15H2,1H3,(H,16,20)(H,17,18). The Labute approximate surface area is 128 Å². The summed E-state index contributed by atoms with van der Waals surface area (Å²) < 4.78 is 5.63. The zero-order chi connectivity index (χ0) is 15.2. The molecule has 0 aliphatic carbocycles. The number of hydrazine groups is 1. The van der Waals surface area contributed by atoms with Gasteiger partial charge >= 0.3 is 0 Å². The van der Waals surface area contributed by atoms with E-state index in [2.05, 4.69) is 27.6 Å². The Hall–Kier alpha value is -1.41. The summed E-state index contributed by atoms with van der Waals surface area (Å²) in [6, 6.07) is 3.18. The molecule has 1 fully saturated rings. The van der Waals surface area contributed by atoms with Gasteiger partial charge in [-0.2, -0.15) is 0 Å². The topological polar surface area (TPSA) is 92.5 Å². The number of aromatic nitrogens is 1. The van der Waals surface area contributed by atoms with Crippen LogP contribution >= 0.6 is 11.6 Å². The number of hydrogen-bond acceptors (Lipinski definition) is 6. The molecule has 2 rings (SSSR count). The Balaban J connectivity index is 1.92. The largest absolute Gasteiger partial charge is 0.374 e. The van der Waals surface area contributed by atoms with E-state index in [1.54, 1.807) is 12.1 Å². The predicted octanol–water partition coefficient (Wildman–Crippen LogP) is 0.471. The maximum absolute atomic E-state index is 12.1. The molecule has 7 nitrogen and oxygen atoms in total. The third-order valence-electron chi connectivity index (χ3n) is 3.37. The number of nitrogens with two attached hydrogens (primary N) is 1. The second-order valence-electron chi connectivity index (χ2n) is 4.77. The lowest BCUT2D eigenvalue weighted by Crippen LogP contribution is -2.47. The normalized spacial score (nSPS) is 19.3. The van der Waals surface area contributed by atoms with Crippen molar-refractivity contribution in [3.8, 4) is 0 Å². The zero-order valence-corrected chi connectivity index (χ0v) is 12.7. The molecule has 21 heavy (non-hydrogen) atoms. The summed E-state index contributed by atoms with van der Waals surface area (Å²) in [5.74, 6) is 5.32. The van der Waals surface area contributed by atoms with E-state index in [1.807, 2.05) is 0 Å². The van der Waals surface area contributed by atoms with Gasteiger partial charge in [-0.3, -0.25) is 9.69 Å². The fourth-order valence-electron chi connectivity index (χ4n) is 2.16. The van der Waals surface area contributed by atoms with E-state index in [4.69, 9.17) is 22.2 Å². The molecule has 0 bridgehead atoms. The Kier molecular flexibility index (Phi) is 5.75. The number of nitrogens with zero attached hydrogens (tertiary/aromatic N) is 2. The van der Waals surface area contributed by atoms with Crippen molar-refractivity contribution in [1.29, 1.82) is 0 Å². The van der Waals surface area contributed by atoms with Crippen molar-refractivity contribution < 1.29 is 9.53 Å². The van der Waals surface area contributed by atoms with Crippen LogP contribution in [-0.2, 0) is 4.74 Å². The van der Waals surface area contributed by atoms with Crippen LogP contribution in [0.3, 0.4) is 0 Å². The van der Waals surface area contributed by atoms with Crippen LogP contribution in [0.1, 0.15) is 17.4 Å². The van der Waals surface area contributed by atoms with Gasteiger partial charge in [0.25, 0.3) is 5.91 Å². The monoisotopic (exact) mass is 313 g/mol. The molecule has 1 unspecified atom stereocenters. The number of halogens is 1. The predicted molar refractivity (Wildman–Crippen MR) is 81.2 cm³/mol. The van der Waals surface area contributed by atoms with Gasteiger partial charge in [0.1, 0.15) is 11.5 Å². The van der Waals surface area contributed by atoms with Crippen LogP contribution in [0.4, 0.5) is 5.82 Å². The van der Waals surface area contributed by atoms with Crippen LogP contribution < -0.4 is 16.6 Å². The Morgan fingerprint density at radius 2 is 2.43 bits per heavy atom. The Morgan fingerprint density at radius 1 is 1.62 bits per heavy atom. The summed E-state index contributed by atoms with van der Waals surface area (Å²) in [6.07, 6.45) is -0.0164. The number of hydrogen-bond donors (Lipinski definition) is 3. The molecule has 1 aromatic rings. The van der Waals surface area contributed by atoms with Gasteiger partial charge in [0.15, 0.2) is 0 Å². The number of anilines is 1. The first-order chi connectivity index (χ1) is 10.1. The van der Waals surface area contributed by atoms with Crippen molar-refractivity contribution in [2.75, 3.05) is 38.2 Å². The average Bonchev–Trinajstić information content (AvgIpc) is 2.53. The van der Waals surface area contributed by atoms with Gasteiger partial charge in [-0.1, -0.05) is 18.5 Å². The molecule has 1 saturated heterocycles. The van der Waals surface area contributed by atoms with Gasteiger partial charge in [0.05, 0.1) is 17.7 Å². The SMILES string of the molecule is CCN1CCOC(CNC(=O)c2nc(NN)ccc2Cl)C1. The van der Waals surface area contributed by atoms with Crippen LogP contribution in [-0.4, -0.2) is 54.7 Å². The molecule has 116 valence electrons. The number of carbonyl (C=O) groups is 1. The lowest BCUT2D eigenvalue weighted by Gasteiger charge is -2.32. The molecule has 0 saturated carbocycles. The number of amides is 1. The number of morpholine rings is 1. The number of ether oxygens (including phenoxy) is 1.